The van der Waals surface area contributed by atoms with Gasteiger partial charge in [-0.25, -0.2) is 0 Å². The first-order chi connectivity index (χ1) is 14.6. The van der Waals surface area contributed by atoms with Crippen LogP contribution < -0.4 is 0 Å². The molecule has 0 radical (unpaired) electrons. The molecule has 0 amide bonds. The van der Waals surface area contributed by atoms with Crippen LogP contribution in [0.4, 0.5) is 0 Å². The van der Waals surface area contributed by atoms with E-state index in [1.54, 1.807) is 0 Å². The molecule has 2 rings (SSSR count). The summed E-state index contributed by atoms with van der Waals surface area (Å²) in [4.78, 5) is 11.7. The van der Waals surface area contributed by atoms with Crippen LogP contribution >= 0.6 is 0 Å². The molecule has 5 atom stereocenters. The topological polar surface area (TPSA) is 62.4 Å². The Balaban J connectivity index is 1.47. The molecule has 0 bridgehead atoms. The number of ether oxygens (including phenoxy) is 2. The van der Waals surface area contributed by atoms with Crippen LogP contribution in [0.15, 0.2) is 0 Å². The molecule has 0 spiro atoms. The second-order valence-corrected chi connectivity index (χ2v) is 9.81. The van der Waals surface area contributed by atoms with E-state index in [0.29, 0.717) is 18.6 Å². The normalized spacial score (nSPS) is 28.4. The molecule has 2 saturated heterocycles. The van der Waals surface area contributed by atoms with Gasteiger partial charge in [0.2, 0.25) is 0 Å². The van der Waals surface area contributed by atoms with E-state index in [4.69, 9.17) is 9.47 Å². The van der Waals surface area contributed by atoms with Crippen molar-refractivity contribution in [2.45, 2.75) is 154 Å². The molecule has 176 valence electrons. The quantitative estimate of drug-likeness (QED) is 0.165. The van der Waals surface area contributed by atoms with Crippen molar-refractivity contribution in [2.24, 2.45) is 5.92 Å². The number of rotatable bonds is 20. The Bertz CT molecular complexity index is 480. The third kappa shape index (κ3) is 8.86. The van der Waals surface area contributed by atoms with E-state index in [-0.39, 0.29) is 17.6 Å². The molecule has 2 aliphatic heterocycles. The number of carboxylic acids is 1. The first-order valence-electron chi connectivity index (χ1n) is 13.1. The molecule has 2 aliphatic rings. The van der Waals surface area contributed by atoms with Gasteiger partial charge in [0, 0.05) is 0 Å². The highest BCUT2D eigenvalue weighted by atomic mass is 16.6. The Morgan fingerprint density at radius 2 is 1.43 bits per heavy atom. The maximum absolute atomic E-state index is 11.7. The van der Waals surface area contributed by atoms with Gasteiger partial charge in [0.15, 0.2) is 0 Å². The summed E-state index contributed by atoms with van der Waals surface area (Å²) in [7, 11) is 0. The molecule has 1 N–H and O–H groups in total. The van der Waals surface area contributed by atoms with Crippen LogP contribution in [-0.2, 0) is 14.3 Å². The van der Waals surface area contributed by atoms with Gasteiger partial charge in [0.25, 0.3) is 0 Å². The predicted molar refractivity (Wildman–Crippen MR) is 123 cm³/mol. The number of carbonyl (C=O) groups is 1. The van der Waals surface area contributed by atoms with Crippen LogP contribution in [0.5, 0.6) is 0 Å². The van der Waals surface area contributed by atoms with Gasteiger partial charge in [0.05, 0.1) is 29.8 Å². The SMILES string of the molecule is CCCCCCCCC1OC1CCCCCCC(CC1(CC)OC1CCC)C(=O)O. The third-order valence-electron chi connectivity index (χ3n) is 7.32. The predicted octanol–water partition coefficient (Wildman–Crippen LogP) is 7.28. The lowest BCUT2D eigenvalue weighted by molar-refractivity contribution is -0.142. The number of aliphatic carboxylic acids is 1. The van der Waals surface area contributed by atoms with E-state index >= 15 is 0 Å². The number of hydrogen-bond donors (Lipinski definition) is 1. The molecular weight excluding hydrogens is 376 g/mol. The van der Waals surface area contributed by atoms with E-state index in [1.807, 2.05) is 0 Å². The Morgan fingerprint density at radius 1 is 0.833 bits per heavy atom. The Kier molecular flexibility index (Phi) is 11.7. The second kappa shape index (κ2) is 13.7. The van der Waals surface area contributed by atoms with E-state index in [1.165, 1.54) is 64.2 Å². The lowest BCUT2D eigenvalue weighted by Gasteiger charge is -2.17. The maximum Gasteiger partial charge on any atom is 0.306 e. The van der Waals surface area contributed by atoms with Crippen LogP contribution in [-0.4, -0.2) is 35.0 Å². The van der Waals surface area contributed by atoms with Gasteiger partial charge >= 0.3 is 5.97 Å². The molecule has 2 fully saturated rings. The van der Waals surface area contributed by atoms with Crippen molar-refractivity contribution in [3.05, 3.63) is 0 Å². The fourth-order valence-corrected chi connectivity index (χ4v) is 5.10. The number of unbranched alkanes of at least 4 members (excludes halogenated alkanes) is 8. The molecule has 0 saturated carbocycles. The molecule has 5 unspecified atom stereocenters. The van der Waals surface area contributed by atoms with Gasteiger partial charge in [-0.15, -0.1) is 0 Å². The fraction of sp³-hybridized carbons (Fsp3) is 0.962. The average molecular weight is 425 g/mol. The van der Waals surface area contributed by atoms with E-state index in [2.05, 4.69) is 20.8 Å². The van der Waals surface area contributed by atoms with Crippen molar-refractivity contribution in [1.82, 2.24) is 0 Å². The Hall–Kier alpha value is -0.610. The molecule has 30 heavy (non-hydrogen) atoms. The van der Waals surface area contributed by atoms with Crippen molar-refractivity contribution in [3.63, 3.8) is 0 Å². The van der Waals surface area contributed by atoms with Gasteiger partial charge in [-0.05, 0) is 38.5 Å². The van der Waals surface area contributed by atoms with Crippen LogP contribution in [0, 0.1) is 5.92 Å². The minimum atomic E-state index is -0.641. The number of epoxide rings is 2. The summed E-state index contributed by atoms with van der Waals surface area (Å²) >= 11 is 0. The molecule has 4 nitrogen and oxygen atoms in total. The molecule has 0 aliphatic carbocycles. The summed E-state index contributed by atoms with van der Waals surface area (Å²) in [5.74, 6) is -0.891. The molecular formula is C26H48O4. The largest absolute Gasteiger partial charge is 0.481 e. The number of carboxylic acid groups (broad SMARTS) is 1. The van der Waals surface area contributed by atoms with Gasteiger partial charge in [-0.2, -0.15) is 0 Å². The number of hydrogen-bond acceptors (Lipinski definition) is 3. The lowest BCUT2D eigenvalue weighted by Crippen LogP contribution is -2.24. The smallest absolute Gasteiger partial charge is 0.306 e. The Labute approximate surface area is 185 Å². The first kappa shape index (κ1) is 25.6. The van der Waals surface area contributed by atoms with E-state index < -0.39 is 5.97 Å². The van der Waals surface area contributed by atoms with Crippen LogP contribution in [0.2, 0.25) is 0 Å². The third-order valence-corrected chi connectivity index (χ3v) is 7.32. The van der Waals surface area contributed by atoms with Crippen LogP contribution in [0.25, 0.3) is 0 Å². The van der Waals surface area contributed by atoms with Crippen LogP contribution in [0.3, 0.4) is 0 Å². The van der Waals surface area contributed by atoms with Crippen LogP contribution in [0.1, 0.15) is 130 Å². The highest BCUT2D eigenvalue weighted by Crippen LogP contribution is 2.47. The van der Waals surface area contributed by atoms with Crippen molar-refractivity contribution >= 4 is 5.97 Å². The van der Waals surface area contributed by atoms with E-state index in [0.717, 1.165) is 38.5 Å². The molecule has 0 aromatic carbocycles. The summed E-state index contributed by atoms with van der Waals surface area (Å²) in [6.07, 6.45) is 21.1. The zero-order valence-corrected chi connectivity index (χ0v) is 20.0. The fourth-order valence-electron chi connectivity index (χ4n) is 5.10. The maximum atomic E-state index is 11.7. The standard InChI is InChI=1S/C26H48O4/c1-4-7-8-9-10-14-18-22-23(29-22)19-15-12-11-13-17-21(25(27)28)20-26(6-3)24(30-26)16-5-2/h21-24H,4-20H2,1-3H3,(H,27,28). The molecule has 0 aromatic heterocycles. The summed E-state index contributed by atoms with van der Waals surface area (Å²) in [6.45, 7) is 6.56. The highest BCUT2D eigenvalue weighted by molar-refractivity contribution is 5.70. The summed E-state index contributed by atoms with van der Waals surface area (Å²) in [5.41, 5.74) is -0.145. The summed E-state index contributed by atoms with van der Waals surface area (Å²) < 4.78 is 11.8. The van der Waals surface area contributed by atoms with Crippen molar-refractivity contribution < 1.29 is 19.4 Å². The monoisotopic (exact) mass is 424 g/mol. The minimum absolute atomic E-state index is 0.145. The highest BCUT2D eigenvalue weighted by Gasteiger charge is 2.55. The Morgan fingerprint density at radius 3 is 2.00 bits per heavy atom. The average Bonchev–Trinajstić information content (AvgIpc) is 3.63. The lowest BCUT2D eigenvalue weighted by atomic mass is 9.85. The van der Waals surface area contributed by atoms with Gasteiger partial charge in [-0.1, -0.05) is 91.4 Å². The first-order valence-corrected chi connectivity index (χ1v) is 13.1. The minimum Gasteiger partial charge on any atom is -0.481 e. The van der Waals surface area contributed by atoms with Gasteiger partial charge < -0.3 is 14.6 Å². The molecule has 2 heterocycles. The van der Waals surface area contributed by atoms with E-state index in [9.17, 15) is 9.90 Å². The van der Waals surface area contributed by atoms with Gasteiger partial charge in [-0.3, -0.25) is 4.79 Å². The van der Waals surface area contributed by atoms with Crippen molar-refractivity contribution in [1.29, 1.82) is 0 Å². The summed E-state index contributed by atoms with van der Waals surface area (Å²) in [5, 5.41) is 9.65. The zero-order valence-electron chi connectivity index (χ0n) is 20.0. The second-order valence-electron chi connectivity index (χ2n) is 9.81. The van der Waals surface area contributed by atoms with Crippen molar-refractivity contribution in [3.8, 4) is 0 Å². The van der Waals surface area contributed by atoms with Crippen molar-refractivity contribution in [2.75, 3.05) is 0 Å². The molecule has 4 heteroatoms. The van der Waals surface area contributed by atoms with Gasteiger partial charge in [0.1, 0.15) is 0 Å². The molecule has 0 aromatic rings. The zero-order chi connectivity index (χ0) is 21.8. The summed E-state index contributed by atoms with van der Waals surface area (Å²) in [6, 6.07) is 0.